The van der Waals surface area contributed by atoms with Crippen LogP contribution in [0, 0.1) is 6.92 Å². The lowest BCUT2D eigenvalue weighted by Crippen LogP contribution is -1.98. The molecule has 1 N–H and O–H groups in total. The quantitative estimate of drug-likeness (QED) is 0.417. The second-order valence-corrected chi connectivity index (χ2v) is 6.82. The van der Waals surface area contributed by atoms with Gasteiger partial charge in [0.2, 0.25) is 5.88 Å². The van der Waals surface area contributed by atoms with E-state index in [1.807, 2.05) is 74.0 Å². The van der Waals surface area contributed by atoms with Gasteiger partial charge in [-0.2, -0.15) is 0 Å². The summed E-state index contributed by atoms with van der Waals surface area (Å²) in [6.45, 7) is 1.90. The first-order valence-electron chi connectivity index (χ1n) is 9.61. The summed E-state index contributed by atoms with van der Waals surface area (Å²) in [6, 6.07) is 19.7. The molecule has 0 aliphatic carbocycles. The predicted molar refractivity (Wildman–Crippen MR) is 118 cm³/mol. The van der Waals surface area contributed by atoms with Gasteiger partial charge in [0, 0.05) is 41.6 Å². The van der Waals surface area contributed by atoms with Crippen LogP contribution < -0.4 is 10.1 Å². The monoisotopic (exact) mass is 393 g/mol. The molecule has 0 atom stereocenters. The highest BCUT2D eigenvalue weighted by atomic mass is 16.5. The van der Waals surface area contributed by atoms with E-state index in [2.05, 4.69) is 37.0 Å². The molecule has 0 aliphatic rings. The van der Waals surface area contributed by atoms with Crippen LogP contribution in [0.3, 0.4) is 0 Å². The zero-order valence-corrected chi connectivity index (χ0v) is 16.4. The molecule has 5 rings (SSSR count). The molecule has 0 radical (unpaired) electrons. The number of ether oxygens (including phenoxy) is 1. The smallest absolute Gasteiger partial charge is 0.219 e. The van der Waals surface area contributed by atoms with Gasteiger partial charge >= 0.3 is 0 Å². The highest BCUT2D eigenvalue weighted by molar-refractivity contribution is 5.98. The lowest BCUT2D eigenvalue weighted by atomic mass is 10.1. The second-order valence-electron chi connectivity index (χ2n) is 6.82. The molecule has 1 aromatic carbocycles. The predicted octanol–water partition coefficient (Wildman–Crippen LogP) is 5.66. The standard InChI is InChI=1S/C24H19N5O/c1-17-22(8-5-12-25-17)30-23-10-9-18(16-27-23)28-24-20-6-4-7-21(19(20)11-13-26-24)29-14-2-3-15-29/h2-16H,1H3,(H,26,28). The Labute approximate surface area is 173 Å². The van der Waals surface area contributed by atoms with Crippen LogP contribution in [0.4, 0.5) is 11.5 Å². The van der Waals surface area contributed by atoms with Crippen LogP contribution in [0.2, 0.25) is 0 Å². The SMILES string of the molecule is Cc1ncccc1Oc1ccc(Nc2nccc3c(-n4cccc4)cccc23)cn1. The van der Waals surface area contributed by atoms with E-state index < -0.39 is 0 Å². The number of hydrogen-bond donors (Lipinski definition) is 1. The number of aryl methyl sites for hydroxylation is 1. The highest BCUT2D eigenvalue weighted by Gasteiger charge is 2.08. The van der Waals surface area contributed by atoms with Crippen LogP contribution in [0.15, 0.2) is 91.6 Å². The Hall–Kier alpha value is -4.19. The van der Waals surface area contributed by atoms with Gasteiger partial charge in [-0.3, -0.25) is 4.98 Å². The van der Waals surface area contributed by atoms with E-state index in [4.69, 9.17) is 4.74 Å². The topological polar surface area (TPSA) is 64.9 Å². The van der Waals surface area contributed by atoms with Crippen LogP contribution in [-0.4, -0.2) is 19.5 Å². The zero-order chi connectivity index (χ0) is 20.3. The molecule has 6 heteroatoms. The Morgan fingerprint density at radius 2 is 1.70 bits per heavy atom. The lowest BCUT2D eigenvalue weighted by molar-refractivity contribution is 0.457. The number of aromatic nitrogens is 4. The van der Waals surface area contributed by atoms with Crippen LogP contribution >= 0.6 is 0 Å². The summed E-state index contributed by atoms with van der Waals surface area (Å²) in [4.78, 5) is 13.2. The minimum atomic E-state index is 0.512. The van der Waals surface area contributed by atoms with Gasteiger partial charge in [0.05, 0.1) is 23.3 Å². The van der Waals surface area contributed by atoms with Gasteiger partial charge in [-0.15, -0.1) is 0 Å². The maximum Gasteiger partial charge on any atom is 0.219 e. The number of hydrogen-bond acceptors (Lipinski definition) is 5. The minimum absolute atomic E-state index is 0.512. The molecule has 0 bridgehead atoms. The summed E-state index contributed by atoms with van der Waals surface area (Å²) in [6.07, 6.45) is 9.36. The van der Waals surface area contributed by atoms with E-state index in [0.717, 1.165) is 33.7 Å². The van der Waals surface area contributed by atoms with Crippen molar-refractivity contribution in [1.82, 2.24) is 19.5 Å². The number of rotatable bonds is 5. The molecular weight excluding hydrogens is 374 g/mol. The fraction of sp³-hybridized carbons (Fsp3) is 0.0417. The second kappa shape index (κ2) is 7.67. The number of nitrogens with zero attached hydrogens (tertiary/aromatic N) is 4. The van der Waals surface area contributed by atoms with Gasteiger partial charge in [0.1, 0.15) is 5.82 Å². The van der Waals surface area contributed by atoms with Gasteiger partial charge in [-0.25, -0.2) is 9.97 Å². The summed E-state index contributed by atoms with van der Waals surface area (Å²) in [7, 11) is 0. The van der Waals surface area contributed by atoms with Crippen molar-refractivity contribution in [1.29, 1.82) is 0 Å². The first-order chi connectivity index (χ1) is 14.8. The van der Waals surface area contributed by atoms with Crippen molar-refractivity contribution < 1.29 is 4.74 Å². The van der Waals surface area contributed by atoms with E-state index in [0.29, 0.717) is 11.6 Å². The molecule has 0 saturated carbocycles. The average Bonchev–Trinajstić information content (AvgIpc) is 3.31. The van der Waals surface area contributed by atoms with Crippen molar-refractivity contribution in [3.8, 4) is 17.3 Å². The minimum Gasteiger partial charge on any atom is -0.437 e. The summed E-state index contributed by atoms with van der Waals surface area (Å²) >= 11 is 0. The van der Waals surface area contributed by atoms with Gasteiger partial charge in [0.25, 0.3) is 0 Å². The normalized spacial score (nSPS) is 10.8. The Balaban J connectivity index is 1.42. The first-order valence-corrected chi connectivity index (χ1v) is 9.61. The van der Waals surface area contributed by atoms with Gasteiger partial charge in [-0.05, 0) is 49.4 Å². The van der Waals surface area contributed by atoms with E-state index in [9.17, 15) is 0 Å². The van der Waals surface area contributed by atoms with Gasteiger partial charge in [-0.1, -0.05) is 12.1 Å². The van der Waals surface area contributed by atoms with Crippen molar-refractivity contribution in [2.75, 3.05) is 5.32 Å². The molecule has 6 nitrogen and oxygen atoms in total. The van der Waals surface area contributed by atoms with Crippen molar-refractivity contribution in [3.05, 3.63) is 97.3 Å². The number of pyridine rings is 3. The maximum absolute atomic E-state index is 5.82. The zero-order valence-electron chi connectivity index (χ0n) is 16.4. The van der Waals surface area contributed by atoms with E-state index in [1.165, 1.54) is 0 Å². The van der Waals surface area contributed by atoms with Crippen molar-refractivity contribution >= 4 is 22.3 Å². The molecule has 146 valence electrons. The molecule has 5 aromatic rings. The Morgan fingerprint density at radius 3 is 2.50 bits per heavy atom. The highest BCUT2D eigenvalue weighted by Crippen LogP contribution is 2.29. The summed E-state index contributed by atoms with van der Waals surface area (Å²) in [5.41, 5.74) is 2.76. The third-order valence-corrected chi connectivity index (χ3v) is 4.84. The van der Waals surface area contributed by atoms with E-state index in [-0.39, 0.29) is 0 Å². The number of nitrogens with one attached hydrogen (secondary N) is 1. The van der Waals surface area contributed by atoms with Crippen molar-refractivity contribution in [3.63, 3.8) is 0 Å². The molecule has 30 heavy (non-hydrogen) atoms. The molecule has 0 fully saturated rings. The lowest BCUT2D eigenvalue weighted by Gasteiger charge is -2.12. The molecular formula is C24H19N5O. The Kier molecular flexibility index (Phi) is 4.57. The van der Waals surface area contributed by atoms with E-state index >= 15 is 0 Å². The first kappa shape index (κ1) is 17.9. The number of fused-ring (bicyclic) bond motifs is 1. The van der Waals surface area contributed by atoms with Gasteiger partial charge in [0.15, 0.2) is 5.75 Å². The summed E-state index contributed by atoms with van der Waals surface area (Å²) < 4.78 is 7.92. The third-order valence-electron chi connectivity index (χ3n) is 4.84. The fourth-order valence-electron chi connectivity index (χ4n) is 3.35. The molecule has 0 spiro atoms. The molecule has 0 saturated heterocycles. The van der Waals surface area contributed by atoms with Crippen molar-refractivity contribution in [2.24, 2.45) is 0 Å². The number of benzene rings is 1. The van der Waals surface area contributed by atoms with E-state index in [1.54, 1.807) is 12.4 Å². The fourth-order valence-corrected chi connectivity index (χ4v) is 3.35. The molecule has 0 unspecified atom stereocenters. The van der Waals surface area contributed by atoms with Crippen LogP contribution in [-0.2, 0) is 0 Å². The molecule has 4 heterocycles. The Morgan fingerprint density at radius 1 is 0.800 bits per heavy atom. The van der Waals surface area contributed by atoms with Crippen molar-refractivity contribution in [2.45, 2.75) is 6.92 Å². The molecule has 0 aliphatic heterocycles. The van der Waals surface area contributed by atoms with Crippen LogP contribution in [0.1, 0.15) is 5.69 Å². The average molecular weight is 393 g/mol. The third kappa shape index (κ3) is 3.46. The number of anilines is 2. The Bertz CT molecular complexity index is 1300. The molecule has 0 amide bonds. The van der Waals surface area contributed by atoms with Crippen LogP contribution in [0.5, 0.6) is 11.6 Å². The largest absolute Gasteiger partial charge is 0.437 e. The van der Waals surface area contributed by atoms with Crippen LogP contribution in [0.25, 0.3) is 16.5 Å². The van der Waals surface area contributed by atoms with Gasteiger partial charge < -0.3 is 14.6 Å². The summed E-state index contributed by atoms with van der Waals surface area (Å²) in [5.74, 6) is 1.98. The maximum atomic E-state index is 5.82. The summed E-state index contributed by atoms with van der Waals surface area (Å²) in [5, 5.41) is 5.52. The molecule has 4 aromatic heterocycles.